The number of esters is 3. The summed E-state index contributed by atoms with van der Waals surface area (Å²) in [6, 6.07) is 0. The Kier molecular flexibility index (Phi) is 49.4. The first kappa shape index (κ1) is 60.1. The summed E-state index contributed by atoms with van der Waals surface area (Å²) in [4.78, 5) is 38.0. The number of unbranched alkanes of at least 4 members (excludes halogenated alkanes) is 27. The van der Waals surface area contributed by atoms with E-state index in [1.165, 1.54) is 122 Å². The molecule has 0 rings (SSSR count). The van der Waals surface area contributed by atoms with Crippen molar-refractivity contribution in [3.63, 3.8) is 0 Å². The zero-order chi connectivity index (χ0) is 45.8. The van der Waals surface area contributed by atoms with Gasteiger partial charge in [-0.1, -0.05) is 197 Å². The van der Waals surface area contributed by atoms with Crippen LogP contribution in [0.3, 0.4) is 0 Å². The molecule has 0 spiro atoms. The maximum absolute atomic E-state index is 12.8. The van der Waals surface area contributed by atoms with Crippen molar-refractivity contribution in [2.75, 3.05) is 13.2 Å². The van der Waals surface area contributed by atoms with Gasteiger partial charge in [-0.25, -0.2) is 0 Å². The van der Waals surface area contributed by atoms with Crippen LogP contribution in [0.15, 0.2) is 60.8 Å². The van der Waals surface area contributed by atoms with Gasteiger partial charge >= 0.3 is 17.9 Å². The van der Waals surface area contributed by atoms with Gasteiger partial charge in [-0.3, -0.25) is 14.4 Å². The lowest BCUT2D eigenvalue weighted by Crippen LogP contribution is -2.30. The largest absolute Gasteiger partial charge is 0.462 e. The van der Waals surface area contributed by atoms with E-state index in [0.717, 1.165) is 103 Å². The molecule has 364 valence electrons. The van der Waals surface area contributed by atoms with Gasteiger partial charge in [0.2, 0.25) is 0 Å². The Morgan fingerprint density at radius 3 is 0.921 bits per heavy atom. The van der Waals surface area contributed by atoms with E-state index in [9.17, 15) is 14.4 Å². The van der Waals surface area contributed by atoms with Crippen LogP contribution in [0.1, 0.15) is 265 Å². The Bertz CT molecular complexity index is 1150. The van der Waals surface area contributed by atoms with Gasteiger partial charge in [-0.2, -0.15) is 0 Å². The van der Waals surface area contributed by atoms with Gasteiger partial charge in [0.1, 0.15) is 13.2 Å². The second-order valence-electron chi connectivity index (χ2n) is 17.8. The molecule has 6 nitrogen and oxygen atoms in total. The highest BCUT2D eigenvalue weighted by molar-refractivity contribution is 5.71. The summed E-state index contributed by atoms with van der Waals surface area (Å²) in [7, 11) is 0. The number of ether oxygens (including phenoxy) is 3. The van der Waals surface area contributed by atoms with Crippen LogP contribution >= 0.6 is 0 Å². The van der Waals surface area contributed by atoms with E-state index < -0.39 is 6.10 Å². The average molecular weight is 881 g/mol. The van der Waals surface area contributed by atoms with Gasteiger partial charge in [-0.05, 0) is 109 Å². The van der Waals surface area contributed by atoms with Crippen molar-refractivity contribution < 1.29 is 28.6 Å². The number of allylic oxidation sites excluding steroid dienone is 10. The highest BCUT2D eigenvalue weighted by atomic mass is 16.6. The molecule has 0 aromatic rings. The molecule has 0 aliphatic heterocycles. The first-order valence-electron chi connectivity index (χ1n) is 26.8. The molecule has 0 aliphatic carbocycles. The van der Waals surface area contributed by atoms with Crippen LogP contribution in [0, 0.1) is 0 Å². The van der Waals surface area contributed by atoms with Gasteiger partial charge in [0.15, 0.2) is 6.10 Å². The Labute approximate surface area is 390 Å². The summed E-state index contributed by atoms with van der Waals surface area (Å²) in [5.41, 5.74) is 0. The number of hydrogen-bond donors (Lipinski definition) is 0. The Balaban J connectivity index is 4.41. The Morgan fingerprint density at radius 1 is 0.317 bits per heavy atom. The lowest BCUT2D eigenvalue weighted by molar-refractivity contribution is -0.167. The number of carbonyl (C=O) groups is 3. The van der Waals surface area contributed by atoms with Crippen LogP contribution in [0.2, 0.25) is 0 Å². The summed E-state index contributed by atoms with van der Waals surface area (Å²) < 4.78 is 16.8. The van der Waals surface area contributed by atoms with Crippen molar-refractivity contribution in [1.29, 1.82) is 0 Å². The maximum atomic E-state index is 12.8. The minimum absolute atomic E-state index is 0.0864. The summed E-state index contributed by atoms with van der Waals surface area (Å²) in [5.74, 6) is -0.911. The molecule has 0 N–H and O–H groups in total. The lowest BCUT2D eigenvalue weighted by Gasteiger charge is -2.18. The molecular formula is C57H100O6. The van der Waals surface area contributed by atoms with Crippen molar-refractivity contribution in [3.05, 3.63) is 60.8 Å². The van der Waals surface area contributed by atoms with Crippen LogP contribution in [-0.2, 0) is 28.6 Å². The van der Waals surface area contributed by atoms with Crippen molar-refractivity contribution in [2.24, 2.45) is 0 Å². The van der Waals surface area contributed by atoms with E-state index in [-0.39, 0.29) is 31.1 Å². The zero-order valence-corrected chi connectivity index (χ0v) is 41.6. The predicted octanol–water partition coefficient (Wildman–Crippen LogP) is 17.6. The van der Waals surface area contributed by atoms with E-state index in [4.69, 9.17) is 14.2 Å². The Hall–Kier alpha value is -2.89. The van der Waals surface area contributed by atoms with Crippen molar-refractivity contribution in [3.8, 4) is 0 Å². The number of rotatable bonds is 48. The third-order valence-corrected chi connectivity index (χ3v) is 11.5. The second-order valence-corrected chi connectivity index (χ2v) is 17.8. The van der Waals surface area contributed by atoms with Gasteiger partial charge in [0.25, 0.3) is 0 Å². The molecule has 6 heteroatoms. The average Bonchev–Trinajstić information content (AvgIpc) is 3.28. The molecular weight excluding hydrogens is 781 g/mol. The number of carbonyl (C=O) groups excluding carboxylic acids is 3. The first-order valence-corrected chi connectivity index (χ1v) is 26.8. The highest BCUT2D eigenvalue weighted by Gasteiger charge is 2.19. The van der Waals surface area contributed by atoms with Crippen molar-refractivity contribution >= 4 is 17.9 Å². The van der Waals surface area contributed by atoms with E-state index in [0.29, 0.717) is 19.3 Å². The maximum Gasteiger partial charge on any atom is 0.306 e. The van der Waals surface area contributed by atoms with E-state index in [2.05, 4.69) is 81.5 Å². The molecule has 1 unspecified atom stereocenters. The van der Waals surface area contributed by atoms with Crippen LogP contribution in [0.5, 0.6) is 0 Å². The molecule has 0 saturated carbocycles. The first-order chi connectivity index (χ1) is 31.0. The number of hydrogen-bond acceptors (Lipinski definition) is 6. The molecule has 0 bridgehead atoms. The van der Waals surface area contributed by atoms with E-state index >= 15 is 0 Å². The molecule has 0 aliphatic rings. The van der Waals surface area contributed by atoms with Crippen LogP contribution in [0.25, 0.3) is 0 Å². The topological polar surface area (TPSA) is 78.9 Å². The summed E-state index contributed by atoms with van der Waals surface area (Å²) in [5, 5.41) is 0. The van der Waals surface area contributed by atoms with Gasteiger partial charge < -0.3 is 14.2 Å². The Morgan fingerprint density at radius 2 is 0.571 bits per heavy atom. The second kappa shape index (κ2) is 51.7. The SMILES string of the molecule is CCCCC/C=C\C/C=C\CCCCCCCCCC(=O)OCC(COC(=O)CCCCCCC/C=C\CCCCCC)OC(=O)CCCCCCC/C=C\C/C=C\CCCCC. The fourth-order valence-electron chi connectivity index (χ4n) is 7.38. The molecule has 0 heterocycles. The normalized spacial score (nSPS) is 12.5. The third-order valence-electron chi connectivity index (χ3n) is 11.5. The lowest BCUT2D eigenvalue weighted by atomic mass is 10.1. The predicted molar refractivity (Wildman–Crippen MR) is 270 cm³/mol. The van der Waals surface area contributed by atoms with Crippen LogP contribution in [-0.4, -0.2) is 37.2 Å². The zero-order valence-electron chi connectivity index (χ0n) is 41.6. The monoisotopic (exact) mass is 881 g/mol. The third kappa shape index (κ3) is 50.0. The molecule has 0 aromatic heterocycles. The minimum atomic E-state index is -0.787. The standard InChI is InChI=1S/C57H100O6/c1-4-7-10-13-16-19-22-25-27-28-30-32-35-38-41-44-47-50-56(59)62-53-54(52-61-55(58)49-46-43-40-37-34-31-24-21-18-15-12-9-6-3)63-57(60)51-48-45-42-39-36-33-29-26-23-20-17-14-11-8-5-2/h16-17,19-21,24-27,29,54H,4-15,18,22-23,28,30-53H2,1-3H3/b19-16-,20-17-,24-21-,27-25-,29-26-. The minimum Gasteiger partial charge on any atom is -0.462 e. The molecule has 0 radical (unpaired) electrons. The molecule has 0 saturated heterocycles. The van der Waals surface area contributed by atoms with Gasteiger partial charge in [0, 0.05) is 19.3 Å². The van der Waals surface area contributed by atoms with Crippen molar-refractivity contribution in [1.82, 2.24) is 0 Å². The molecule has 63 heavy (non-hydrogen) atoms. The molecule has 0 aromatic carbocycles. The van der Waals surface area contributed by atoms with E-state index in [1.807, 2.05) is 0 Å². The van der Waals surface area contributed by atoms with E-state index in [1.54, 1.807) is 0 Å². The fourth-order valence-corrected chi connectivity index (χ4v) is 7.38. The summed E-state index contributed by atoms with van der Waals surface area (Å²) in [6.45, 7) is 6.56. The summed E-state index contributed by atoms with van der Waals surface area (Å²) in [6.07, 6.45) is 63.4. The van der Waals surface area contributed by atoms with Crippen LogP contribution < -0.4 is 0 Å². The molecule has 0 fully saturated rings. The highest BCUT2D eigenvalue weighted by Crippen LogP contribution is 2.14. The van der Waals surface area contributed by atoms with Crippen LogP contribution in [0.4, 0.5) is 0 Å². The van der Waals surface area contributed by atoms with Gasteiger partial charge in [-0.15, -0.1) is 0 Å². The fraction of sp³-hybridized carbons (Fsp3) is 0.772. The smallest absolute Gasteiger partial charge is 0.306 e. The van der Waals surface area contributed by atoms with Gasteiger partial charge in [0.05, 0.1) is 0 Å². The molecule has 0 amide bonds. The quantitative estimate of drug-likeness (QED) is 0.0262. The summed E-state index contributed by atoms with van der Waals surface area (Å²) >= 11 is 0. The van der Waals surface area contributed by atoms with Crippen molar-refractivity contribution in [2.45, 2.75) is 271 Å². The molecule has 1 atom stereocenters.